The van der Waals surface area contributed by atoms with Gasteiger partial charge < -0.3 is 15.1 Å². The van der Waals surface area contributed by atoms with Crippen molar-refractivity contribution in [1.82, 2.24) is 20.0 Å². The summed E-state index contributed by atoms with van der Waals surface area (Å²) in [5.74, 6) is -3.64. The summed E-state index contributed by atoms with van der Waals surface area (Å²) in [6.07, 6.45) is -4.46. The van der Waals surface area contributed by atoms with Crippen molar-refractivity contribution in [2.45, 2.75) is 57.4 Å². The zero-order chi connectivity index (χ0) is 30.3. The predicted molar refractivity (Wildman–Crippen MR) is 141 cm³/mol. The molecule has 0 bridgehead atoms. The van der Waals surface area contributed by atoms with Crippen LogP contribution in [0.1, 0.15) is 61.1 Å². The molecule has 2 unspecified atom stereocenters. The summed E-state index contributed by atoms with van der Waals surface area (Å²) in [6.45, 7) is 5.33. The number of carbonyl (C=O) groups is 4. The second-order valence-electron chi connectivity index (χ2n) is 10.8. The number of nitrogens with zero attached hydrogens (tertiary/aromatic N) is 3. The monoisotopic (exact) mass is 576 g/mol. The van der Waals surface area contributed by atoms with Crippen molar-refractivity contribution in [3.8, 4) is 0 Å². The van der Waals surface area contributed by atoms with Gasteiger partial charge in [-0.2, -0.15) is 13.2 Å². The minimum Gasteiger partial charge on any atom is -0.341 e. The third-order valence-electron chi connectivity index (χ3n) is 7.99. The van der Waals surface area contributed by atoms with E-state index in [1.807, 2.05) is 37.3 Å². The van der Waals surface area contributed by atoms with Crippen molar-refractivity contribution in [3.05, 3.63) is 71.0 Å². The largest absolute Gasteiger partial charge is 0.416 e. The number of hydrogen-bond donors (Lipinski definition) is 1. The maximum atomic E-state index is 14.3. The highest BCUT2D eigenvalue weighted by Crippen LogP contribution is 2.42. The van der Waals surface area contributed by atoms with Gasteiger partial charge in [0.2, 0.25) is 5.91 Å². The molecule has 4 rings (SSSR count). The number of likely N-dealkylation sites (N-methyl/N-ethyl adjacent to an activating group) is 1. The molecule has 2 aliphatic heterocycles. The Morgan fingerprint density at radius 1 is 0.976 bits per heavy atom. The summed E-state index contributed by atoms with van der Waals surface area (Å²) in [5, 5.41) is 2.40. The first kappa shape index (κ1) is 30.0. The van der Waals surface area contributed by atoms with Gasteiger partial charge in [0, 0.05) is 20.1 Å². The van der Waals surface area contributed by atoms with Gasteiger partial charge in [-0.05, 0) is 49.4 Å². The summed E-state index contributed by atoms with van der Waals surface area (Å²) in [4.78, 5) is 57.1. The van der Waals surface area contributed by atoms with Crippen molar-refractivity contribution < 1.29 is 36.7 Å². The Kier molecular flexibility index (Phi) is 8.15. The zero-order valence-corrected chi connectivity index (χ0v) is 23.2. The maximum absolute atomic E-state index is 14.3. The zero-order valence-electron chi connectivity index (χ0n) is 23.2. The van der Waals surface area contributed by atoms with E-state index in [-0.39, 0.29) is 31.8 Å². The van der Waals surface area contributed by atoms with Crippen LogP contribution < -0.4 is 5.32 Å². The smallest absolute Gasteiger partial charge is 0.341 e. The predicted octanol–water partition coefficient (Wildman–Crippen LogP) is 4.62. The number of piperidine rings is 1. The summed E-state index contributed by atoms with van der Waals surface area (Å²) in [7, 11) is 1.43. The van der Waals surface area contributed by atoms with Crippen LogP contribution in [-0.2, 0) is 15.8 Å². The number of amides is 5. The molecular formula is C29H32F4N4O4. The van der Waals surface area contributed by atoms with Crippen molar-refractivity contribution in [2.24, 2.45) is 5.92 Å². The second-order valence-corrected chi connectivity index (χ2v) is 10.8. The highest BCUT2D eigenvalue weighted by atomic mass is 19.4. The topological polar surface area (TPSA) is 90.0 Å². The van der Waals surface area contributed by atoms with Gasteiger partial charge in [-0.3, -0.25) is 19.3 Å². The molecule has 41 heavy (non-hydrogen) atoms. The number of carbonyl (C=O) groups excluding carboxylic acids is 4. The van der Waals surface area contributed by atoms with Crippen LogP contribution in [0.5, 0.6) is 0 Å². The van der Waals surface area contributed by atoms with E-state index < -0.39 is 64.5 Å². The summed E-state index contributed by atoms with van der Waals surface area (Å²) in [5.41, 5.74) is -2.31. The minimum atomic E-state index is -4.78. The van der Waals surface area contributed by atoms with Crippen LogP contribution in [0.25, 0.3) is 0 Å². The van der Waals surface area contributed by atoms with E-state index in [4.69, 9.17) is 0 Å². The molecule has 2 saturated heterocycles. The van der Waals surface area contributed by atoms with Gasteiger partial charge >= 0.3 is 12.2 Å². The Bertz CT molecular complexity index is 1340. The number of alkyl halides is 3. The SMILES string of the molecule is CC(C)C(NC(=O)c1cc(C(F)(F)F)ccc1F)C(=O)N1CCC2(CC1)C(=O)N(C)C(=O)N2C(C)c1ccccc1. The van der Waals surface area contributed by atoms with Crippen molar-refractivity contribution in [2.75, 3.05) is 20.1 Å². The first-order valence-corrected chi connectivity index (χ1v) is 13.3. The summed E-state index contributed by atoms with van der Waals surface area (Å²) >= 11 is 0. The number of likely N-dealkylation sites (tertiary alicyclic amines) is 1. The van der Waals surface area contributed by atoms with Crippen LogP contribution in [0, 0.1) is 11.7 Å². The highest BCUT2D eigenvalue weighted by molar-refractivity contribution is 6.07. The number of imide groups is 1. The van der Waals surface area contributed by atoms with Gasteiger partial charge in [0.1, 0.15) is 17.4 Å². The molecule has 2 aliphatic rings. The van der Waals surface area contributed by atoms with Gasteiger partial charge in [-0.15, -0.1) is 0 Å². The van der Waals surface area contributed by atoms with Crippen LogP contribution >= 0.6 is 0 Å². The molecule has 0 radical (unpaired) electrons. The molecule has 8 nitrogen and oxygen atoms in total. The lowest BCUT2D eigenvalue weighted by Crippen LogP contribution is -2.60. The van der Waals surface area contributed by atoms with Crippen LogP contribution in [0.4, 0.5) is 22.4 Å². The quantitative estimate of drug-likeness (QED) is 0.402. The van der Waals surface area contributed by atoms with Crippen molar-refractivity contribution in [3.63, 3.8) is 0 Å². The van der Waals surface area contributed by atoms with Crippen molar-refractivity contribution in [1.29, 1.82) is 0 Å². The number of nitrogens with one attached hydrogen (secondary N) is 1. The number of halogens is 4. The number of hydrogen-bond acceptors (Lipinski definition) is 4. The van der Waals surface area contributed by atoms with E-state index in [2.05, 4.69) is 5.32 Å². The number of rotatable bonds is 6. The Hall–Kier alpha value is -3.96. The summed E-state index contributed by atoms with van der Waals surface area (Å²) < 4.78 is 53.7. The lowest BCUT2D eigenvalue weighted by atomic mass is 9.84. The lowest BCUT2D eigenvalue weighted by Gasteiger charge is -2.45. The van der Waals surface area contributed by atoms with Gasteiger partial charge in [0.05, 0.1) is 17.2 Å². The van der Waals surface area contributed by atoms with E-state index in [9.17, 15) is 36.7 Å². The molecule has 5 amide bonds. The summed E-state index contributed by atoms with van der Waals surface area (Å²) in [6, 6.07) is 8.80. The molecule has 2 fully saturated rings. The minimum absolute atomic E-state index is 0.0979. The standard InChI is InChI=1S/C29H32F4N4O4/c1-17(2)23(34-24(38)21-16-20(29(31,32)33)10-11-22(21)30)25(39)36-14-12-28(13-15-36)26(40)35(4)27(41)37(28)18(3)19-8-6-5-7-9-19/h5-11,16-18,23H,12-15H2,1-4H3,(H,34,38). The fraction of sp³-hybridized carbons (Fsp3) is 0.448. The molecule has 220 valence electrons. The van der Waals surface area contributed by atoms with Gasteiger partial charge in [-0.25, -0.2) is 9.18 Å². The molecule has 0 aliphatic carbocycles. The molecule has 2 aromatic carbocycles. The highest BCUT2D eigenvalue weighted by Gasteiger charge is 2.58. The molecule has 2 heterocycles. The fourth-order valence-corrected chi connectivity index (χ4v) is 5.62. The van der Waals surface area contributed by atoms with E-state index in [0.29, 0.717) is 18.2 Å². The van der Waals surface area contributed by atoms with Crippen LogP contribution in [0.2, 0.25) is 0 Å². The number of benzene rings is 2. The molecule has 2 atom stereocenters. The third kappa shape index (κ3) is 5.51. The van der Waals surface area contributed by atoms with Gasteiger partial charge in [0.25, 0.3) is 11.8 Å². The van der Waals surface area contributed by atoms with E-state index >= 15 is 0 Å². The third-order valence-corrected chi connectivity index (χ3v) is 7.99. The molecule has 2 aromatic rings. The Balaban J connectivity index is 1.52. The Morgan fingerprint density at radius 3 is 2.15 bits per heavy atom. The first-order valence-electron chi connectivity index (χ1n) is 13.3. The molecular weight excluding hydrogens is 544 g/mol. The van der Waals surface area contributed by atoms with Crippen LogP contribution in [0.3, 0.4) is 0 Å². The average molecular weight is 577 g/mol. The lowest BCUT2D eigenvalue weighted by molar-refractivity contribution is -0.142. The Labute approximate surface area is 235 Å². The maximum Gasteiger partial charge on any atom is 0.416 e. The normalized spacial score (nSPS) is 18.7. The molecule has 0 saturated carbocycles. The van der Waals surface area contributed by atoms with Gasteiger partial charge in [-0.1, -0.05) is 44.2 Å². The second kappa shape index (κ2) is 11.1. The van der Waals surface area contributed by atoms with Crippen molar-refractivity contribution >= 4 is 23.8 Å². The fourth-order valence-electron chi connectivity index (χ4n) is 5.62. The molecule has 1 spiro atoms. The van der Waals surface area contributed by atoms with E-state index in [1.165, 1.54) is 11.9 Å². The average Bonchev–Trinajstić information content (AvgIpc) is 3.11. The van der Waals surface area contributed by atoms with Gasteiger partial charge in [0.15, 0.2) is 0 Å². The number of urea groups is 1. The van der Waals surface area contributed by atoms with Crippen LogP contribution in [0.15, 0.2) is 48.5 Å². The Morgan fingerprint density at radius 2 is 1.59 bits per heavy atom. The first-order chi connectivity index (χ1) is 19.2. The molecule has 12 heteroatoms. The van der Waals surface area contributed by atoms with E-state index in [1.54, 1.807) is 18.7 Å². The van der Waals surface area contributed by atoms with E-state index in [0.717, 1.165) is 10.5 Å². The molecule has 0 aromatic heterocycles. The molecule has 1 N–H and O–H groups in total. The van der Waals surface area contributed by atoms with Crippen LogP contribution in [-0.4, -0.2) is 70.2 Å².